The number of nitrogens with one attached hydrogen (secondary N) is 1. The molecule has 29 heavy (non-hydrogen) atoms. The number of rotatable bonds is 6. The quantitative estimate of drug-likeness (QED) is 0.131. The van der Waals surface area contributed by atoms with Crippen LogP contribution in [0, 0.1) is 0 Å². The molecule has 2 atom stereocenters. The molecule has 156 valence electrons. The van der Waals surface area contributed by atoms with Crippen LogP contribution in [0.3, 0.4) is 0 Å². The number of carboxylic acid groups (broad SMARTS) is 1. The maximum Gasteiger partial charge on any atom is 1.00 e. The van der Waals surface area contributed by atoms with Gasteiger partial charge in [0.05, 0.1) is 6.54 Å². The first-order chi connectivity index (χ1) is 12.9. The third-order valence-corrected chi connectivity index (χ3v) is 5.15. The van der Waals surface area contributed by atoms with E-state index in [0.29, 0.717) is 9.91 Å². The molecule has 1 unspecified atom stereocenters. The van der Waals surface area contributed by atoms with Crippen LogP contribution in [0.25, 0.3) is 0 Å². The standard InChI is InChI=1S/C13H19N5O9S.Na/c1-3-15-4-5-16(11(21)10(15)20)13(24)18(14-7(2)12(22)23)8-6-17(9(8)19)28(25,26)27;/h7-8,14H,3-6H2,1-2H3,(H,22,23)(H,25,26,27);/q;+1/p-1/t7-,8?;/m1./s1. The van der Waals surface area contributed by atoms with E-state index in [9.17, 15) is 36.9 Å². The summed E-state index contributed by atoms with van der Waals surface area (Å²) in [4.78, 5) is 61.8. The van der Waals surface area contributed by atoms with Crippen molar-refractivity contribution in [2.24, 2.45) is 0 Å². The van der Waals surface area contributed by atoms with Crippen LogP contribution < -0.4 is 35.0 Å². The minimum absolute atomic E-state index is 0. The van der Waals surface area contributed by atoms with Gasteiger partial charge in [0.1, 0.15) is 12.1 Å². The van der Waals surface area contributed by atoms with E-state index in [1.807, 2.05) is 0 Å². The van der Waals surface area contributed by atoms with E-state index in [1.165, 1.54) is 4.90 Å². The van der Waals surface area contributed by atoms with Crippen LogP contribution in [0.4, 0.5) is 4.79 Å². The summed E-state index contributed by atoms with van der Waals surface area (Å²) in [6, 6.07) is -4.15. The summed E-state index contributed by atoms with van der Waals surface area (Å²) >= 11 is 0. The zero-order chi connectivity index (χ0) is 21.4. The number of nitrogens with zero attached hydrogens (tertiary/aromatic N) is 4. The maximum absolute atomic E-state index is 12.8. The van der Waals surface area contributed by atoms with Gasteiger partial charge in [0.25, 0.3) is 5.91 Å². The Balaban J connectivity index is 0.00000420. The molecule has 5 amide bonds. The second-order valence-electron chi connectivity index (χ2n) is 6.03. The van der Waals surface area contributed by atoms with Crippen LogP contribution in [-0.2, 0) is 29.5 Å². The fraction of sp³-hybridized carbons (Fsp3) is 0.615. The van der Waals surface area contributed by atoms with E-state index in [2.05, 4.69) is 5.43 Å². The van der Waals surface area contributed by atoms with Gasteiger partial charge in [-0.25, -0.2) is 28.0 Å². The third-order valence-electron chi connectivity index (χ3n) is 4.28. The summed E-state index contributed by atoms with van der Waals surface area (Å²) in [6.07, 6.45) is 0. The molecule has 0 saturated carbocycles. The second-order valence-corrected chi connectivity index (χ2v) is 7.32. The van der Waals surface area contributed by atoms with Crippen molar-refractivity contribution in [3.8, 4) is 0 Å². The number of β-lactam (4-membered cyclic amide) rings is 1. The molecule has 0 radical (unpaired) electrons. The number of hydrazine groups is 1. The van der Waals surface area contributed by atoms with Gasteiger partial charge in [-0.05, 0) is 13.8 Å². The van der Waals surface area contributed by atoms with E-state index in [4.69, 9.17) is 5.11 Å². The smallest absolute Gasteiger partial charge is 0.731 e. The van der Waals surface area contributed by atoms with Crippen LogP contribution >= 0.6 is 0 Å². The van der Waals surface area contributed by atoms with Crippen molar-refractivity contribution >= 4 is 40.0 Å². The molecule has 0 spiro atoms. The molecule has 2 fully saturated rings. The molecule has 0 aliphatic carbocycles. The molecular weight excluding hydrogens is 425 g/mol. The van der Waals surface area contributed by atoms with Gasteiger partial charge in [0, 0.05) is 19.6 Å². The first-order valence-electron chi connectivity index (χ1n) is 8.10. The molecule has 2 aliphatic rings. The van der Waals surface area contributed by atoms with Crippen molar-refractivity contribution in [3.05, 3.63) is 0 Å². The number of amides is 5. The Morgan fingerprint density at radius 2 is 1.86 bits per heavy atom. The Bertz CT molecular complexity index is 835. The van der Waals surface area contributed by atoms with Gasteiger partial charge < -0.3 is 14.6 Å². The monoisotopic (exact) mass is 443 g/mol. The summed E-state index contributed by atoms with van der Waals surface area (Å²) in [5.41, 5.74) is 2.20. The van der Waals surface area contributed by atoms with Crippen molar-refractivity contribution in [3.63, 3.8) is 0 Å². The molecule has 2 N–H and O–H groups in total. The number of carbonyl (C=O) groups is 5. The van der Waals surface area contributed by atoms with Crippen molar-refractivity contribution in [1.29, 1.82) is 0 Å². The molecule has 0 aromatic heterocycles. The fourth-order valence-electron chi connectivity index (χ4n) is 2.60. The Hall–Kier alpha value is -1.78. The molecule has 0 aromatic carbocycles. The SMILES string of the molecule is CCN1CCN(C(=O)N(N[C@H](C)C(=O)O)C2CN(S(=O)(=O)[O-])C2=O)C(=O)C1=O.[Na+]. The Labute approximate surface area is 187 Å². The first kappa shape index (κ1) is 25.3. The average molecular weight is 443 g/mol. The van der Waals surface area contributed by atoms with Gasteiger partial charge in [-0.2, -0.15) is 0 Å². The number of aliphatic carboxylic acids is 1. The summed E-state index contributed by atoms with van der Waals surface area (Å²) in [6.45, 7) is 2.12. The minimum Gasteiger partial charge on any atom is -0.731 e. The maximum atomic E-state index is 12.8. The number of carbonyl (C=O) groups excluding carboxylic acids is 4. The molecule has 16 heteroatoms. The average Bonchev–Trinajstić information content (AvgIpc) is 2.59. The summed E-state index contributed by atoms with van der Waals surface area (Å²) in [5.74, 6) is -4.79. The van der Waals surface area contributed by atoms with Crippen molar-refractivity contribution in [2.75, 3.05) is 26.2 Å². The van der Waals surface area contributed by atoms with Gasteiger partial charge in [0.2, 0.25) is 0 Å². The number of imide groups is 1. The molecule has 2 saturated heterocycles. The van der Waals surface area contributed by atoms with E-state index >= 15 is 0 Å². The molecule has 14 nitrogen and oxygen atoms in total. The van der Waals surface area contributed by atoms with E-state index < -0.39 is 58.7 Å². The second kappa shape index (κ2) is 9.36. The van der Waals surface area contributed by atoms with Gasteiger partial charge in [-0.1, -0.05) is 0 Å². The van der Waals surface area contributed by atoms with Crippen LogP contribution in [0.15, 0.2) is 0 Å². The number of likely N-dealkylation sites (N-methyl/N-ethyl adjacent to an activating group) is 1. The zero-order valence-electron chi connectivity index (χ0n) is 15.9. The predicted molar refractivity (Wildman–Crippen MR) is 86.6 cm³/mol. The van der Waals surface area contributed by atoms with Crippen LogP contribution in [0.2, 0.25) is 0 Å². The minimum atomic E-state index is -5.10. The van der Waals surface area contributed by atoms with Crippen LogP contribution in [-0.4, -0.2) is 105 Å². The number of piperazine rings is 1. The predicted octanol–water partition coefficient (Wildman–Crippen LogP) is -6.25. The van der Waals surface area contributed by atoms with E-state index in [1.54, 1.807) is 6.92 Å². The van der Waals surface area contributed by atoms with Crippen LogP contribution in [0.1, 0.15) is 13.8 Å². The largest absolute Gasteiger partial charge is 1.00 e. The van der Waals surface area contributed by atoms with Crippen molar-refractivity contribution in [2.45, 2.75) is 25.9 Å². The van der Waals surface area contributed by atoms with E-state index in [-0.39, 0.29) is 53.5 Å². The van der Waals surface area contributed by atoms with E-state index in [0.717, 1.165) is 6.92 Å². The number of hydrogen-bond donors (Lipinski definition) is 2. The van der Waals surface area contributed by atoms with Crippen molar-refractivity contribution < 1.29 is 71.6 Å². The fourth-order valence-corrected chi connectivity index (χ4v) is 3.27. The molecule has 2 rings (SSSR count). The summed E-state index contributed by atoms with van der Waals surface area (Å²) < 4.78 is 32.9. The normalized spacial score (nSPS) is 20.7. The topological polar surface area (TPSA) is 188 Å². The number of urea groups is 1. The summed E-state index contributed by atoms with van der Waals surface area (Å²) in [5, 5.41) is 9.49. The number of carboxylic acids is 1. The van der Waals surface area contributed by atoms with Gasteiger partial charge >= 0.3 is 53.4 Å². The Morgan fingerprint density at radius 1 is 1.28 bits per heavy atom. The zero-order valence-corrected chi connectivity index (χ0v) is 18.7. The third kappa shape index (κ3) is 5.04. The molecule has 2 aliphatic heterocycles. The van der Waals surface area contributed by atoms with Gasteiger partial charge in [-0.15, -0.1) is 0 Å². The summed E-state index contributed by atoms with van der Waals surface area (Å²) in [7, 11) is -5.10. The molecule has 0 bridgehead atoms. The van der Waals surface area contributed by atoms with Crippen LogP contribution in [0.5, 0.6) is 0 Å². The Kier molecular flexibility index (Phi) is 8.15. The number of hydrogen-bond acceptors (Lipinski definition) is 9. The van der Waals surface area contributed by atoms with Gasteiger partial charge in [0.15, 0.2) is 10.3 Å². The molecule has 2 heterocycles. The van der Waals surface area contributed by atoms with Crippen molar-refractivity contribution in [1.82, 2.24) is 24.5 Å². The van der Waals surface area contributed by atoms with Gasteiger partial charge in [-0.3, -0.25) is 24.1 Å². The first-order valence-corrected chi connectivity index (χ1v) is 9.47. The molecule has 0 aromatic rings. The molecular formula is C13H18N5NaO9S. The Morgan fingerprint density at radius 3 is 2.31 bits per heavy atom.